The van der Waals surface area contributed by atoms with E-state index < -0.39 is 0 Å². The van der Waals surface area contributed by atoms with Gasteiger partial charge in [0.2, 0.25) is 0 Å². The van der Waals surface area contributed by atoms with Crippen molar-refractivity contribution < 1.29 is 5.48 Å². The first-order chi connectivity index (χ1) is 29.4. The number of rotatable bonds is 6. The maximum atomic E-state index is 8.90. The summed E-state index contributed by atoms with van der Waals surface area (Å²) in [6.07, 6.45) is 0. The summed E-state index contributed by atoms with van der Waals surface area (Å²) in [6.45, 7) is 0. The van der Waals surface area contributed by atoms with Crippen LogP contribution in [0, 0.1) is 0 Å². The van der Waals surface area contributed by atoms with E-state index >= 15 is 0 Å². The van der Waals surface area contributed by atoms with Crippen LogP contribution in [0.5, 0.6) is 0 Å². The second-order valence-electron chi connectivity index (χ2n) is 13.7. The molecule has 56 heavy (non-hydrogen) atoms. The van der Waals surface area contributed by atoms with Gasteiger partial charge in [-0.25, -0.2) is 15.0 Å². The third kappa shape index (κ3) is 5.40. The number of thiophene rings is 1. The molecule has 262 valence electrons. The zero-order valence-electron chi connectivity index (χ0n) is 33.9. The molecule has 3 heterocycles. The molecular formula is C51H32N4S. The van der Waals surface area contributed by atoms with Crippen molar-refractivity contribution in [3.63, 3.8) is 0 Å². The number of para-hydroxylation sites is 3. The topological polar surface area (TPSA) is 43.6 Å². The maximum Gasteiger partial charge on any atom is 0.166 e. The van der Waals surface area contributed by atoms with Gasteiger partial charge in [0, 0.05) is 47.6 Å². The molecule has 11 rings (SSSR count). The van der Waals surface area contributed by atoms with Crippen LogP contribution in [0.15, 0.2) is 194 Å². The van der Waals surface area contributed by atoms with E-state index in [9.17, 15) is 0 Å². The van der Waals surface area contributed by atoms with Gasteiger partial charge < -0.3 is 4.57 Å². The highest BCUT2D eigenvalue weighted by atomic mass is 32.1. The van der Waals surface area contributed by atoms with E-state index in [1.165, 1.54) is 31.3 Å². The van der Waals surface area contributed by atoms with E-state index in [1.807, 2.05) is 77.4 Å². The minimum atomic E-state index is -0.150. The molecule has 0 fully saturated rings. The second-order valence-corrected chi connectivity index (χ2v) is 14.8. The Kier molecular flexibility index (Phi) is 6.70. The van der Waals surface area contributed by atoms with Gasteiger partial charge in [0.05, 0.1) is 22.2 Å². The summed E-state index contributed by atoms with van der Waals surface area (Å²) in [5.41, 5.74) is 9.10. The van der Waals surface area contributed by atoms with Gasteiger partial charge in [-0.3, -0.25) is 0 Å². The van der Waals surface area contributed by atoms with Gasteiger partial charge in [0.1, 0.15) is 0 Å². The Morgan fingerprint density at radius 3 is 1.98 bits per heavy atom. The third-order valence-corrected chi connectivity index (χ3v) is 11.6. The minimum absolute atomic E-state index is 0.0405. The van der Waals surface area contributed by atoms with E-state index in [-0.39, 0.29) is 18.1 Å². The molecule has 5 heteroatoms. The molecule has 11 aromatic rings. The fraction of sp³-hybridized carbons (Fsp3) is 0. The highest BCUT2D eigenvalue weighted by molar-refractivity contribution is 7.26. The normalized spacial score (nSPS) is 12.6. The molecule has 0 unspecified atom stereocenters. The average molecular weight is 737 g/mol. The Hall–Kier alpha value is -7.21. The van der Waals surface area contributed by atoms with Gasteiger partial charge >= 0.3 is 0 Å². The van der Waals surface area contributed by atoms with Crippen molar-refractivity contribution in [1.82, 2.24) is 19.5 Å². The van der Waals surface area contributed by atoms with Crippen LogP contribution >= 0.6 is 11.3 Å². The number of aromatic nitrogens is 4. The first-order valence-electron chi connectivity index (χ1n) is 20.4. The van der Waals surface area contributed by atoms with Gasteiger partial charge in [-0.15, -0.1) is 11.3 Å². The molecule has 8 aromatic carbocycles. The van der Waals surface area contributed by atoms with E-state index in [0.29, 0.717) is 39.8 Å². The van der Waals surface area contributed by atoms with Crippen LogP contribution in [0.25, 0.3) is 104 Å². The zero-order chi connectivity index (χ0) is 40.5. The molecule has 0 saturated heterocycles. The van der Waals surface area contributed by atoms with Crippen LogP contribution < -0.4 is 0 Å². The summed E-state index contributed by atoms with van der Waals surface area (Å²) >= 11 is 1.81. The van der Waals surface area contributed by atoms with E-state index in [2.05, 4.69) is 78.9 Å². The lowest BCUT2D eigenvalue weighted by molar-refractivity contribution is 1.06. The van der Waals surface area contributed by atoms with Crippen molar-refractivity contribution in [3.8, 4) is 62.1 Å². The molecule has 0 N–H and O–H groups in total. The quantitative estimate of drug-likeness (QED) is 0.171. The Labute approximate surface area is 333 Å². The summed E-state index contributed by atoms with van der Waals surface area (Å²) < 4.78 is 38.8. The Morgan fingerprint density at radius 2 is 1.11 bits per heavy atom. The van der Waals surface area contributed by atoms with Crippen LogP contribution in [-0.4, -0.2) is 19.5 Å². The third-order valence-electron chi connectivity index (χ3n) is 10.4. The Morgan fingerprint density at radius 1 is 0.411 bits per heavy atom. The predicted octanol–water partition coefficient (Wildman–Crippen LogP) is 13.7. The lowest BCUT2D eigenvalue weighted by atomic mass is 9.99. The number of fused-ring (bicyclic) bond motifs is 6. The highest BCUT2D eigenvalue weighted by Crippen LogP contribution is 2.42. The fourth-order valence-corrected chi connectivity index (χ4v) is 9.01. The summed E-state index contributed by atoms with van der Waals surface area (Å²) in [7, 11) is 0. The second kappa shape index (κ2) is 13.3. The van der Waals surface area contributed by atoms with Crippen molar-refractivity contribution in [3.05, 3.63) is 194 Å². The first-order valence-corrected chi connectivity index (χ1v) is 19.3. The molecule has 0 aliphatic rings. The SMILES string of the molecule is [2H]c1ccc2c(c1)c1c([2H])c([2H])c([2H])cc1n2-c1ccccc1-c1nc(-c2ccccc2)nc(-c2cccc(-c3cccc4c3sc3ccc(-c5ccccc5)cc34)c2)n1. The Balaban J connectivity index is 1.09. The lowest BCUT2D eigenvalue weighted by Gasteiger charge is -2.14. The van der Waals surface area contributed by atoms with Gasteiger partial charge in [-0.05, 0) is 64.7 Å². The first kappa shape index (κ1) is 28.3. The van der Waals surface area contributed by atoms with Gasteiger partial charge in [-0.2, -0.15) is 0 Å². The smallest absolute Gasteiger partial charge is 0.166 e. The van der Waals surface area contributed by atoms with Crippen LogP contribution in [0.4, 0.5) is 0 Å². The van der Waals surface area contributed by atoms with Crippen molar-refractivity contribution >= 4 is 53.3 Å². The molecule has 0 radical (unpaired) electrons. The van der Waals surface area contributed by atoms with Crippen molar-refractivity contribution in [2.45, 2.75) is 0 Å². The molecule has 0 atom stereocenters. The molecule has 0 saturated carbocycles. The summed E-state index contributed by atoms with van der Waals surface area (Å²) in [5.74, 6) is 1.51. The van der Waals surface area contributed by atoms with Crippen molar-refractivity contribution in [1.29, 1.82) is 0 Å². The monoisotopic (exact) mass is 736 g/mol. The van der Waals surface area contributed by atoms with Gasteiger partial charge in [0.15, 0.2) is 17.5 Å². The maximum absolute atomic E-state index is 8.90. The molecule has 0 aliphatic heterocycles. The Bertz CT molecular complexity index is 3490. The van der Waals surface area contributed by atoms with Crippen LogP contribution in [0.2, 0.25) is 0 Å². The molecule has 3 aromatic heterocycles. The minimum Gasteiger partial charge on any atom is -0.309 e. The lowest BCUT2D eigenvalue weighted by Crippen LogP contribution is -2.03. The number of nitrogens with zero attached hydrogens (tertiary/aromatic N) is 4. The molecular weight excluding hydrogens is 701 g/mol. The number of benzene rings is 8. The standard InChI is InChI=1S/C51H32N4S/c1-3-15-33(16-4-1)35-29-30-47-43(32-35)41-25-14-24-38(48(41)56-47)36-19-13-20-37(31-36)50-52-49(34-17-5-2-6-18-34)53-51(54-50)42-23-9-12-28-46(42)55-44-26-10-7-21-39(44)40-22-8-11-27-45(40)55/h1-32H/i7D,8D,10D,21D. The molecule has 0 spiro atoms. The average Bonchev–Trinajstić information content (AvgIpc) is 3.83. The van der Waals surface area contributed by atoms with Crippen molar-refractivity contribution in [2.75, 3.05) is 0 Å². The molecule has 0 aliphatic carbocycles. The largest absolute Gasteiger partial charge is 0.309 e. The molecule has 4 nitrogen and oxygen atoms in total. The van der Waals surface area contributed by atoms with Crippen LogP contribution in [0.3, 0.4) is 0 Å². The summed E-state index contributed by atoms with van der Waals surface area (Å²) in [6, 6.07) is 56.9. The fourth-order valence-electron chi connectivity index (χ4n) is 7.79. The highest BCUT2D eigenvalue weighted by Gasteiger charge is 2.19. The van der Waals surface area contributed by atoms with Gasteiger partial charge in [-0.1, -0.05) is 152 Å². The van der Waals surface area contributed by atoms with Crippen LogP contribution in [0.1, 0.15) is 5.48 Å². The van der Waals surface area contributed by atoms with Crippen molar-refractivity contribution in [2.24, 2.45) is 0 Å². The summed E-state index contributed by atoms with van der Waals surface area (Å²) in [5, 5.41) is 3.66. The zero-order valence-corrected chi connectivity index (χ0v) is 30.7. The predicted molar refractivity (Wildman–Crippen MR) is 234 cm³/mol. The number of hydrogen-bond donors (Lipinski definition) is 0. The summed E-state index contributed by atoms with van der Waals surface area (Å²) in [4.78, 5) is 15.4. The van der Waals surface area contributed by atoms with E-state index in [0.717, 1.165) is 39.0 Å². The molecule has 0 bridgehead atoms. The van der Waals surface area contributed by atoms with E-state index in [1.54, 1.807) is 29.5 Å². The van der Waals surface area contributed by atoms with Crippen LogP contribution in [-0.2, 0) is 0 Å². The molecule has 0 amide bonds. The number of hydrogen-bond acceptors (Lipinski definition) is 4. The van der Waals surface area contributed by atoms with E-state index in [4.69, 9.17) is 20.4 Å². The van der Waals surface area contributed by atoms with Gasteiger partial charge in [0.25, 0.3) is 0 Å².